The SMILES string of the molecule is C=CCn1nnnc1SCC(=O)Nc1sc2c(c1C(=O)OCC)CCC2. The number of esters is 1. The number of rotatable bonds is 8. The number of hydrogen-bond acceptors (Lipinski definition) is 8. The Labute approximate surface area is 159 Å². The van der Waals surface area contributed by atoms with Crippen molar-refractivity contribution in [1.29, 1.82) is 0 Å². The van der Waals surface area contributed by atoms with E-state index in [1.807, 2.05) is 0 Å². The summed E-state index contributed by atoms with van der Waals surface area (Å²) in [6, 6.07) is 0. The fourth-order valence-electron chi connectivity index (χ4n) is 2.74. The number of thioether (sulfide) groups is 1. The second-order valence-corrected chi connectivity index (χ2v) is 7.60. The molecule has 10 heteroatoms. The number of tetrazole rings is 1. The molecule has 3 rings (SSSR count). The predicted molar refractivity (Wildman–Crippen MR) is 99.7 cm³/mol. The van der Waals surface area contributed by atoms with Gasteiger partial charge in [-0.15, -0.1) is 23.0 Å². The van der Waals surface area contributed by atoms with E-state index in [4.69, 9.17) is 4.74 Å². The molecule has 0 aromatic carbocycles. The molecule has 1 aliphatic carbocycles. The van der Waals surface area contributed by atoms with Crippen molar-refractivity contribution in [2.45, 2.75) is 37.9 Å². The summed E-state index contributed by atoms with van der Waals surface area (Å²) in [4.78, 5) is 25.8. The van der Waals surface area contributed by atoms with E-state index in [0.29, 0.717) is 28.9 Å². The van der Waals surface area contributed by atoms with Crippen LogP contribution in [0.25, 0.3) is 0 Å². The Hall–Kier alpha value is -2.20. The third-order valence-corrected chi connectivity index (χ3v) is 5.95. The first kappa shape index (κ1) is 18.6. The molecular formula is C16H19N5O3S2. The van der Waals surface area contributed by atoms with Crippen LogP contribution < -0.4 is 5.32 Å². The van der Waals surface area contributed by atoms with E-state index in [0.717, 1.165) is 29.7 Å². The molecule has 1 amide bonds. The lowest BCUT2D eigenvalue weighted by Crippen LogP contribution is -2.17. The Kier molecular flexibility index (Phi) is 6.04. The number of anilines is 1. The Bertz CT molecular complexity index is 830. The zero-order valence-corrected chi connectivity index (χ0v) is 16.0. The fourth-order valence-corrected chi connectivity index (χ4v) is 4.72. The van der Waals surface area contributed by atoms with Crippen LogP contribution in [0.15, 0.2) is 17.8 Å². The van der Waals surface area contributed by atoms with Gasteiger partial charge in [0.1, 0.15) is 5.00 Å². The van der Waals surface area contributed by atoms with Crippen molar-refractivity contribution in [2.24, 2.45) is 0 Å². The largest absolute Gasteiger partial charge is 0.462 e. The van der Waals surface area contributed by atoms with Crippen LogP contribution in [-0.2, 0) is 28.9 Å². The minimum atomic E-state index is -0.371. The summed E-state index contributed by atoms with van der Waals surface area (Å²) in [5, 5.41) is 15.3. The van der Waals surface area contributed by atoms with Gasteiger partial charge in [-0.2, -0.15) is 0 Å². The number of aryl methyl sites for hydroxylation is 1. The van der Waals surface area contributed by atoms with Gasteiger partial charge in [-0.25, -0.2) is 9.48 Å². The molecule has 0 radical (unpaired) electrons. The third kappa shape index (κ3) is 3.96. The molecule has 2 heterocycles. The average molecular weight is 393 g/mol. The van der Waals surface area contributed by atoms with E-state index in [1.165, 1.54) is 23.1 Å². The minimum Gasteiger partial charge on any atom is -0.462 e. The number of carbonyl (C=O) groups is 2. The number of thiophene rings is 1. The first-order valence-electron chi connectivity index (χ1n) is 8.25. The Morgan fingerprint density at radius 2 is 2.31 bits per heavy atom. The lowest BCUT2D eigenvalue weighted by atomic mass is 10.1. The quantitative estimate of drug-likeness (QED) is 0.417. The molecule has 2 aromatic rings. The molecule has 0 aliphatic heterocycles. The van der Waals surface area contributed by atoms with Crippen LogP contribution in [0.3, 0.4) is 0 Å². The van der Waals surface area contributed by atoms with Crippen LogP contribution in [0.5, 0.6) is 0 Å². The van der Waals surface area contributed by atoms with Gasteiger partial charge >= 0.3 is 5.97 Å². The number of nitrogens with one attached hydrogen (secondary N) is 1. The molecule has 0 saturated heterocycles. The van der Waals surface area contributed by atoms with Gasteiger partial charge < -0.3 is 10.1 Å². The highest BCUT2D eigenvalue weighted by Crippen LogP contribution is 2.39. The van der Waals surface area contributed by atoms with E-state index in [1.54, 1.807) is 17.7 Å². The molecule has 0 unspecified atom stereocenters. The van der Waals surface area contributed by atoms with Gasteiger partial charge in [0.2, 0.25) is 11.1 Å². The Morgan fingerprint density at radius 1 is 1.46 bits per heavy atom. The van der Waals surface area contributed by atoms with Crippen LogP contribution in [0.1, 0.15) is 34.1 Å². The number of nitrogens with zero attached hydrogens (tertiary/aromatic N) is 4. The molecule has 0 atom stereocenters. The summed E-state index contributed by atoms with van der Waals surface area (Å²) < 4.78 is 6.73. The van der Waals surface area contributed by atoms with E-state index in [-0.39, 0.29) is 17.6 Å². The monoisotopic (exact) mass is 393 g/mol. The summed E-state index contributed by atoms with van der Waals surface area (Å²) in [5.74, 6) is -0.444. The first-order valence-corrected chi connectivity index (χ1v) is 10.1. The van der Waals surface area contributed by atoms with E-state index >= 15 is 0 Å². The average Bonchev–Trinajstić information content (AvgIpc) is 3.29. The highest BCUT2D eigenvalue weighted by molar-refractivity contribution is 7.99. The number of allylic oxidation sites excluding steroid dienone is 1. The first-order chi connectivity index (χ1) is 12.6. The van der Waals surface area contributed by atoms with Crippen LogP contribution in [0.2, 0.25) is 0 Å². The third-order valence-electron chi connectivity index (χ3n) is 3.79. The second-order valence-electron chi connectivity index (χ2n) is 5.55. The van der Waals surface area contributed by atoms with E-state index < -0.39 is 0 Å². The Balaban J connectivity index is 1.68. The number of ether oxygens (including phenoxy) is 1. The van der Waals surface area contributed by atoms with Gasteiger partial charge in [0.15, 0.2) is 0 Å². The fraction of sp³-hybridized carbons (Fsp3) is 0.438. The summed E-state index contributed by atoms with van der Waals surface area (Å²) in [6.07, 6.45) is 4.50. The van der Waals surface area contributed by atoms with Crippen molar-refractivity contribution in [2.75, 3.05) is 17.7 Å². The van der Waals surface area contributed by atoms with Crippen LogP contribution in [-0.4, -0.2) is 44.4 Å². The normalized spacial score (nSPS) is 12.7. The number of fused-ring (bicyclic) bond motifs is 1. The van der Waals surface area contributed by atoms with Gasteiger partial charge in [-0.05, 0) is 42.2 Å². The van der Waals surface area contributed by atoms with Gasteiger partial charge in [0, 0.05) is 4.88 Å². The number of carbonyl (C=O) groups excluding carboxylic acids is 2. The molecule has 0 bridgehead atoms. The lowest BCUT2D eigenvalue weighted by Gasteiger charge is -2.08. The molecular weight excluding hydrogens is 374 g/mol. The standard InChI is InChI=1S/C16H19N5O3S2/c1-3-8-21-16(18-19-20-21)25-9-12(22)17-14-13(15(23)24-4-2)10-6-5-7-11(10)26-14/h3H,1,4-9H2,2H3,(H,17,22). The molecule has 1 N–H and O–H groups in total. The van der Waals surface area contributed by atoms with E-state index in [9.17, 15) is 9.59 Å². The molecule has 0 spiro atoms. The van der Waals surface area contributed by atoms with Crippen LogP contribution in [0, 0.1) is 0 Å². The van der Waals surface area contributed by atoms with Crippen molar-refractivity contribution >= 4 is 40.0 Å². The molecule has 2 aromatic heterocycles. The molecule has 26 heavy (non-hydrogen) atoms. The molecule has 0 saturated carbocycles. The van der Waals surface area contributed by atoms with Crippen LogP contribution >= 0.6 is 23.1 Å². The van der Waals surface area contributed by atoms with Gasteiger partial charge in [0.05, 0.1) is 24.5 Å². The Morgan fingerprint density at radius 3 is 3.08 bits per heavy atom. The highest BCUT2D eigenvalue weighted by Gasteiger charge is 2.28. The van der Waals surface area contributed by atoms with Gasteiger partial charge in [-0.3, -0.25) is 4.79 Å². The maximum absolute atomic E-state index is 12.4. The smallest absolute Gasteiger partial charge is 0.341 e. The highest BCUT2D eigenvalue weighted by atomic mass is 32.2. The number of amides is 1. The molecule has 138 valence electrons. The zero-order valence-electron chi connectivity index (χ0n) is 14.4. The summed E-state index contributed by atoms with van der Waals surface area (Å²) in [6.45, 7) is 6.19. The molecule has 0 fully saturated rings. The summed E-state index contributed by atoms with van der Waals surface area (Å²) >= 11 is 2.70. The van der Waals surface area contributed by atoms with Gasteiger partial charge in [0.25, 0.3) is 0 Å². The van der Waals surface area contributed by atoms with Gasteiger partial charge in [-0.1, -0.05) is 17.8 Å². The van der Waals surface area contributed by atoms with E-state index in [2.05, 4.69) is 27.4 Å². The van der Waals surface area contributed by atoms with Crippen molar-refractivity contribution in [3.8, 4) is 0 Å². The number of hydrogen-bond donors (Lipinski definition) is 1. The van der Waals surface area contributed by atoms with Crippen LogP contribution in [0.4, 0.5) is 5.00 Å². The zero-order chi connectivity index (χ0) is 18.5. The molecule has 8 nitrogen and oxygen atoms in total. The minimum absolute atomic E-state index is 0.141. The van der Waals surface area contributed by atoms with Crippen molar-refractivity contribution in [3.05, 3.63) is 28.7 Å². The topological polar surface area (TPSA) is 99.0 Å². The molecule has 1 aliphatic rings. The summed E-state index contributed by atoms with van der Waals surface area (Å²) in [5.41, 5.74) is 1.53. The van der Waals surface area contributed by atoms with Crippen molar-refractivity contribution < 1.29 is 14.3 Å². The maximum Gasteiger partial charge on any atom is 0.341 e. The van der Waals surface area contributed by atoms with Crippen molar-refractivity contribution in [1.82, 2.24) is 20.2 Å². The predicted octanol–water partition coefficient (Wildman–Crippen LogP) is 2.32. The summed E-state index contributed by atoms with van der Waals surface area (Å²) in [7, 11) is 0. The number of aromatic nitrogens is 4. The maximum atomic E-state index is 12.4. The lowest BCUT2D eigenvalue weighted by molar-refractivity contribution is -0.113. The van der Waals surface area contributed by atoms with Crippen molar-refractivity contribution in [3.63, 3.8) is 0 Å². The second kappa shape index (κ2) is 8.45.